The first-order valence-corrected chi connectivity index (χ1v) is 8.76. The average molecular weight is 355 g/mol. The molecule has 0 aliphatic carbocycles. The molecule has 1 aromatic heterocycles. The Morgan fingerprint density at radius 3 is 2.54 bits per heavy atom. The van der Waals surface area contributed by atoms with Crippen LogP contribution in [-0.4, -0.2) is 10.9 Å². The Hall–Kier alpha value is -2.30. The van der Waals surface area contributed by atoms with Crippen LogP contribution in [0, 0.1) is 0 Å². The topological polar surface area (TPSA) is 42.0 Å². The van der Waals surface area contributed by atoms with Crippen LogP contribution in [0.5, 0.6) is 0 Å². The Morgan fingerprint density at radius 2 is 1.79 bits per heavy atom. The van der Waals surface area contributed by atoms with E-state index in [-0.39, 0.29) is 5.91 Å². The molecule has 24 heavy (non-hydrogen) atoms. The number of nitrogens with zero attached hydrogens (tertiary/aromatic N) is 1. The van der Waals surface area contributed by atoms with E-state index in [9.17, 15) is 4.79 Å². The zero-order valence-corrected chi connectivity index (χ0v) is 14.3. The maximum absolute atomic E-state index is 12.4. The maximum atomic E-state index is 12.4. The van der Waals surface area contributed by atoms with Gasteiger partial charge in [-0.05, 0) is 60.2 Å². The summed E-state index contributed by atoms with van der Waals surface area (Å²) in [5.74, 6) is 0.703. The van der Waals surface area contributed by atoms with Gasteiger partial charge in [-0.3, -0.25) is 9.78 Å². The Labute approximate surface area is 150 Å². The third-order valence-electron chi connectivity index (χ3n) is 3.35. The normalized spacial score (nSPS) is 10.4. The van der Waals surface area contributed by atoms with Gasteiger partial charge in [0.05, 0.1) is 0 Å². The number of aromatic nitrogens is 1. The van der Waals surface area contributed by atoms with E-state index < -0.39 is 0 Å². The molecule has 0 atom stereocenters. The molecule has 120 valence electrons. The highest BCUT2D eigenvalue weighted by atomic mass is 35.5. The molecule has 0 saturated carbocycles. The van der Waals surface area contributed by atoms with E-state index in [1.165, 1.54) is 5.56 Å². The van der Waals surface area contributed by atoms with Crippen LogP contribution in [0.4, 0.5) is 5.69 Å². The number of hydrogen-bond donors (Lipinski definition) is 1. The Bertz CT molecular complexity index is 822. The van der Waals surface area contributed by atoms with Crippen molar-refractivity contribution in [1.82, 2.24) is 4.98 Å². The number of pyridine rings is 1. The lowest BCUT2D eigenvalue weighted by Gasteiger charge is -2.07. The number of thioether (sulfide) groups is 1. The second kappa shape index (κ2) is 7.99. The maximum Gasteiger partial charge on any atom is 0.255 e. The summed E-state index contributed by atoms with van der Waals surface area (Å²) < 4.78 is 0. The van der Waals surface area contributed by atoms with Crippen molar-refractivity contribution >= 4 is 35.0 Å². The zero-order chi connectivity index (χ0) is 16.8. The molecule has 1 heterocycles. The number of halogens is 1. The van der Waals surface area contributed by atoms with Gasteiger partial charge >= 0.3 is 0 Å². The first-order valence-electron chi connectivity index (χ1n) is 7.39. The molecule has 2 aromatic carbocycles. The van der Waals surface area contributed by atoms with Gasteiger partial charge < -0.3 is 5.32 Å². The third kappa shape index (κ3) is 4.60. The molecule has 0 unspecified atom stereocenters. The van der Waals surface area contributed by atoms with E-state index in [0.29, 0.717) is 10.6 Å². The number of anilines is 1. The lowest BCUT2D eigenvalue weighted by Crippen LogP contribution is -2.11. The van der Waals surface area contributed by atoms with Crippen LogP contribution in [-0.2, 0) is 5.75 Å². The van der Waals surface area contributed by atoms with Crippen LogP contribution >= 0.6 is 23.4 Å². The van der Waals surface area contributed by atoms with E-state index in [4.69, 9.17) is 11.6 Å². The first-order chi connectivity index (χ1) is 11.7. The molecular formula is C19H15ClN2OS. The quantitative estimate of drug-likeness (QED) is 0.634. The molecule has 0 spiro atoms. The molecule has 3 aromatic rings. The summed E-state index contributed by atoms with van der Waals surface area (Å²) in [7, 11) is 0. The summed E-state index contributed by atoms with van der Waals surface area (Å²) in [5, 5.41) is 3.51. The van der Waals surface area contributed by atoms with Crippen LogP contribution in [0.1, 0.15) is 15.9 Å². The van der Waals surface area contributed by atoms with Crippen LogP contribution in [0.3, 0.4) is 0 Å². The molecule has 3 rings (SSSR count). The second-order valence-electron chi connectivity index (χ2n) is 5.13. The van der Waals surface area contributed by atoms with E-state index in [1.807, 2.05) is 36.4 Å². The molecule has 3 nitrogen and oxygen atoms in total. The van der Waals surface area contributed by atoms with Gasteiger partial charge in [0.2, 0.25) is 0 Å². The summed E-state index contributed by atoms with van der Waals surface area (Å²) in [6.07, 6.45) is 3.57. The van der Waals surface area contributed by atoms with Gasteiger partial charge in [0.1, 0.15) is 0 Å². The average Bonchev–Trinajstić information content (AvgIpc) is 2.63. The Balaban J connectivity index is 1.65. The van der Waals surface area contributed by atoms with Crippen molar-refractivity contribution in [2.75, 3.05) is 5.32 Å². The fraction of sp³-hybridized carbons (Fsp3) is 0.0526. The van der Waals surface area contributed by atoms with Crippen LogP contribution < -0.4 is 5.32 Å². The number of amides is 1. The molecule has 0 fully saturated rings. The number of hydrogen-bond acceptors (Lipinski definition) is 3. The Kier molecular flexibility index (Phi) is 5.51. The molecule has 0 bridgehead atoms. The number of carbonyl (C=O) groups excluding carboxylic acids is 1. The smallest absolute Gasteiger partial charge is 0.255 e. The standard InChI is InChI=1S/C19H15ClN2OS/c20-16-4-6-17(7-5-16)22-19(23)15-2-1-3-18(12-15)24-13-14-8-10-21-11-9-14/h1-12H,13H2,(H,22,23). The van der Waals surface area contributed by atoms with Gasteiger partial charge in [-0.15, -0.1) is 11.8 Å². The molecule has 0 aliphatic heterocycles. The summed E-state index contributed by atoms with van der Waals surface area (Å²) in [6.45, 7) is 0. The van der Waals surface area contributed by atoms with E-state index in [0.717, 1.165) is 16.3 Å². The highest BCUT2D eigenvalue weighted by Crippen LogP contribution is 2.24. The second-order valence-corrected chi connectivity index (χ2v) is 6.62. The van der Waals surface area contributed by atoms with Gasteiger partial charge in [0.25, 0.3) is 5.91 Å². The van der Waals surface area contributed by atoms with Crippen molar-refractivity contribution in [2.24, 2.45) is 0 Å². The van der Waals surface area contributed by atoms with Crippen LogP contribution in [0.15, 0.2) is 78.0 Å². The lowest BCUT2D eigenvalue weighted by molar-refractivity contribution is 0.102. The highest BCUT2D eigenvalue weighted by Gasteiger charge is 2.07. The van der Waals surface area contributed by atoms with Crippen molar-refractivity contribution in [2.45, 2.75) is 10.6 Å². The van der Waals surface area contributed by atoms with Crippen molar-refractivity contribution in [3.8, 4) is 0 Å². The number of nitrogens with one attached hydrogen (secondary N) is 1. The van der Waals surface area contributed by atoms with Gasteiger partial charge in [-0.2, -0.15) is 0 Å². The van der Waals surface area contributed by atoms with Crippen LogP contribution in [0.25, 0.3) is 0 Å². The minimum absolute atomic E-state index is 0.135. The zero-order valence-electron chi connectivity index (χ0n) is 12.8. The van der Waals surface area contributed by atoms with E-state index in [2.05, 4.69) is 10.3 Å². The van der Waals surface area contributed by atoms with E-state index in [1.54, 1.807) is 48.4 Å². The molecule has 0 saturated heterocycles. The van der Waals surface area contributed by atoms with E-state index >= 15 is 0 Å². The number of rotatable bonds is 5. The highest BCUT2D eigenvalue weighted by molar-refractivity contribution is 7.98. The van der Waals surface area contributed by atoms with Crippen molar-refractivity contribution in [3.05, 3.63) is 89.2 Å². The predicted octanol–water partition coefficient (Wildman–Crippen LogP) is 5.28. The lowest BCUT2D eigenvalue weighted by atomic mass is 10.2. The number of benzene rings is 2. The molecule has 1 amide bonds. The molecule has 0 radical (unpaired) electrons. The molecule has 5 heteroatoms. The van der Waals surface area contributed by atoms with Gasteiger partial charge in [-0.25, -0.2) is 0 Å². The summed E-state index contributed by atoms with van der Waals surface area (Å²) in [4.78, 5) is 17.4. The third-order valence-corrected chi connectivity index (χ3v) is 4.67. The van der Waals surface area contributed by atoms with Gasteiger partial charge in [0.15, 0.2) is 0 Å². The van der Waals surface area contributed by atoms with Gasteiger partial charge in [0, 0.05) is 39.3 Å². The SMILES string of the molecule is O=C(Nc1ccc(Cl)cc1)c1cccc(SCc2ccncc2)c1. The summed E-state index contributed by atoms with van der Waals surface area (Å²) >= 11 is 7.54. The number of carbonyl (C=O) groups is 1. The van der Waals surface area contributed by atoms with Crippen LogP contribution in [0.2, 0.25) is 5.02 Å². The minimum atomic E-state index is -0.135. The monoisotopic (exact) mass is 354 g/mol. The van der Waals surface area contributed by atoms with Crippen molar-refractivity contribution < 1.29 is 4.79 Å². The summed E-state index contributed by atoms with van der Waals surface area (Å²) in [5.41, 5.74) is 2.55. The van der Waals surface area contributed by atoms with Crippen molar-refractivity contribution in [3.63, 3.8) is 0 Å². The predicted molar refractivity (Wildman–Crippen MR) is 99.6 cm³/mol. The Morgan fingerprint density at radius 1 is 1.04 bits per heavy atom. The summed E-state index contributed by atoms with van der Waals surface area (Å²) in [6, 6.07) is 18.6. The fourth-order valence-corrected chi connectivity index (χ4v) is 3.15. The molecule has 0 aliphatic rings. The largest absolute Gasteiger partial charge is 0.322 e. The molecule has 1 N–H and O–H groups in total. The van der Waals surface area contributed by atoms with Gasteiger partial charge in [-0.1, -0.05) is 17.7 Å². The molecular weight excluding hydrogens is 340 g/mol. The fourth-order valence-electron chi connectivity index (χ4n) is 2.11. The minimum Gasteiger partial charge on any atom is -0.322 e. The first kappa shape index (κ1) is 16.6. The van der Waals surface area contributed by atoms with Crippen molar-refractivity contribution in [1.29, 1.82) is 0 Å².